The van der Waals surface area contributed by atoms with Gasteiger partial charge < -0.3 is 15.4 Å². The summed E-state index contributed by atoms with van der Waals surface area (Å²) in [4.78, 5) is 1.78. The standard InChI is InChI=1S/C13H18F2N2O/c1-2-18-9-4-3-7-17(8-9)13-11(16)6-5-10(14)12(13)15/h5-6,9H,2-4,7-8,16H2,1H3. The van der Waals surface area contributed by atoms with Crippen molar-refractivity contribution in [1.82, 2.24) is 0 Å². The van der Waals surface area contributed by atoms with Crippen molar-refractivity contribution in [2.45, 2.75) is 25.9 Å². The normalized spacial score (nSPS) is 20.2. The molecular formula is C13H18F2N2O. The first-order chi connectivity index (χ1) is 8.63. The summed E-state index contributed by atoms with van der Waals surface area (Å²) in [6.07, 6.45) is 1.90. The van der Waals surface area contributed by atoms with Gasteiger partial charge in [-0.05, 0) is 31.9 Å². The highest BCUT2D eigenvalue weighted by Crippen LogP contribution is 2.31. The Morgan fingerprint density at radius 1 is 1.44 bits per heavy atom. The van der Waals surface area contributed by atoms with E-state index in [0.29, 0.717) is 19.7 Å². The second kappa shape index (κ2) is 5.52. The Balaban J connectivity index is 2.23. The number of nitrogens with two attached hydrogens (primary N) is 1. The van der Waals surface area contributed by atoms with Crippen LogP contribution in [0.3, 0.4) is 0 Å². The molecule has 0 saturated carbocycles. The van der Waals surface area contributed by atoms with Crippen molar-refractivity contribution in [2.24, 2.45) is 0 Å². The minimum absolute atomic E-state index is 0.0609. The van der Waals surface area contributed by atoms with E-state index in [4.69, 9.17) is 10.5 Å². The second-order valence-electron chi connectivity index (χ2n) is 4.46. The molecule has 1 aromatic carbocycles. The van der Waals surface area contributed by atoms with Crippen molar-refractivity contribution in [3.8, 4) is 0 Å². The van der Waals surface area contributed by atoms with E-state index in [1.165, 1.54) is 6.07 Å². The van der Waals surface area contributed by atoms with E-state index in [1.807, 2.05) is 6.92 Å². The zero-order valence-corrected chi connectivity index (χ0v) is 10.5. The van der Waals surface area contributed by atoms with Gasteiger partial charge in [-0.25, -0.2) is 8.78 Å². The maximum absolute atomic E-state index is 13.8. The highest BCUT2D eigenvalue weighted by molar-refractivity contribution is 5.68. The third-order valence-electron chi connectivity index (χ3n) is 3.20. The van der Waals surface area contributed by atoms with Gasteiger partial charge in [-0.2, -0.15) is 0 Å². The Hall–Kier alpha value is -1.36. The number of nitrogens with zero attached hydrogens (tertiary/aromatic N) is 1. The van der Waals surface area contributed by atoms with Gasteiger partial charge in [0.2, 0.25) is 0 Å². The fourth-order valence-corrected chi connectivity index (χ4v) is 2.39. The fourth-order valence-electron chi connectivity index (χ4n) is 2.39. The first-order valence-electron chi connectivity index (χ1n) is 6.23. The molecule has 1 unspecified atom stereocenters. The summed E-state index contributed by atoms with van der Waals surface area (Å²) in [7, 11) is 0. The zero-order valence-electron chi connectivity index (χ0n) is 10.5. The molecule has 1 aliphatic heterocycles. The van der Waals surface area contributed by atoms with Crippen LogP contribution in [0.5, 0.6) is 0 Å². The van der Waals surface area contributed by atoms with Crippen LogP contribution in [0, 0.1) is 11.6 Å². The summed E-state index contributed by atoms with van der Waals surface area (Å²) in [6.45, 7) is 3.78. The number of anilines is 2. The molecule has 2 N–H and O–H groups in total. The van der Waals surface area contributed by atoms with Crippen LogP contribution in [-0.4, -0.2) is 25.8 Å². The molecule has 1 heterocycles. The van der Waals surface area contributed by atoms with E-state index < -0.39 is 11.6 Å². The van der Waals surface area contributed by atoms with Crippen LogP contribution >= 0.6 is 0 Å². The van der Waals surface area contributed by atoms with E-state index in [-0.39, 0.29) is 17.5 Å². The summed E-state index contributed by atoms with van der Waals surface area (Å²) in [5.74, 6) is -1.73. The lowest BCUT2D eigenvalue weighted by molar-refractivity contribution is 0.0525. The molecule has 100 valence electrons. The van der Waals surface area contributed by atoms with Crippen molar-refractivity contribution in [1.29, 1.82) is 0 Å². The molecule has 2 rings (SSSR count). The van der Waals surface area contributed by atoms with Gasteiger partial charge in [0, 0.05) is 19.7 Å². The largest absolute Gasteiger partial charge is 0.397 e. The third-order valence-corrected chi connectivity index (χ3v) is 3.20. The number of halogens is 2. The lowest BCUT2D eigenvalue weighted by atomic mass is 10.1. The van der Waals surface area contributed by atoms with E-state index in [9.17, 15) is 8.78 Å². The molecule has 0 bridgehead atoms. The molecule has 3 nitrogen and oxygen atoms in total. The van der Waals surface area contributed by atoms with Crippen LogP contribution in [0.2, 0.25) is 0 Å². The Kier molecular flexibility index (Phi) is 4.01. The summed E-state index contributed by atoms with van der Waals surface area (Å²) in [5, 5.41) is 0. The SMILES string of the molecule is CCOC1CCCN(c2c(N)ccc(F)c2F)C1. The quantitative estimate of drug-likeness (QED) is 0.845. The molecule has 5 heteroatoms. The van der Waals surface area contributed by atoms with Gasteiger partial charge in [-0.1, -0.05) is 0 Å². The summed E-state index contributed by atoms with van der Waals surface area (Å²) >= 11 is 0. The van der Waals surface area contributed by atoms with Gasteiger partial charge >= 0.3 is 0 Å². The zero-order chi connectivity index (χ0) is 13.1. The second-order valence-corrected chi connectivity index (χ2v) is 4.46. The molecule has 1 fully saturated rings. The van der Waals surface area contributed by atoms with Crippen molar-refractivity contribution in [3.63, 3.8) is 0 Å². The van der Waals surface area contributed by atoms with Crippen molar-refractivity contribution < 1.29 is 13.5 Å². The Morgan fingerprint density at radius 2 is 2.22 bits per heavy atom. The molecule has 0 amide bonds. The molecule has 1 aromatic rings. The average Bonchev–Trinajstić information content (AvgIpc) is 2.35. The smallest absolute Gasteiger partial charge is 0.184 e. The van der Waals surface area contributed by atoms with Crippen molar-refractivity contribution >= 4 is 11.4 Å². The highest BCUT2D eigenvalue weighted by atomic mass is 19.2. The molecule has 0 spiro atoms. The van der Waals surface area contributed by atoms with Crippen molar-refractivity contribution in [2.75, 3.05) is 30.3 Å². The van der Waals surface area contributed by atoms with Gasteiger partial charge in [0.25, 0.3) is 0 Å². The van der Waals surface area contributed by atoms with E-state index in [2.05, 4.69) is 0 Å². The van der Waals surface area contributed by atoms with Gasteiger partial charge in [-0.3, -0.25) is 0 Å². The van der Waals surface area contributed by atoms with E-state index in [0.717, 1.165) is 18.9 Å². The molecule has 1 saturated heterocycles. The number of piperidine rings is 1. The van der Waals surface area contributed by atoms with Crippen molar-refractivity contribution in [3.05, 3.63) is 23.8 Å². The number of nitrogen functional groups attached to an aromatic ring is 1. The predicted molar refractivity (Wildman–Crippen MR) is 67.6 cm³/mol. The highest BCUT2D eigenvalue weighted by Gasteiger charge is 2.25. The van der Waals surface area contributed by atoms with Crippen LogP contribution < -0.4 is 10.6 Å². The number of benzene rings is 1. The van der Waals surface area contributed by atoms with Gasteiger partial charge in [0.05, 0.1) is 17.5 Å². The summed E-state index contributed by atoms with van der Waals surface area (Å²) in [6, 6.07) is 2.45. The molecule has 0 aliphatic carbocycles. The van der Waals surface area contributed by atoms with Gasteiger partial charge in [0.15, 0.2) is 11.6 Å². The van der Waals surface area contributed by atoms with Gasteiger partial charge in [-0.15, -0.1) is 0 Å². The Bertz CT molecular complexity index is 424. The molecule has 0 radical (unpaired) electrons. The number of hydrogen-bond acceptors (Lipinski definition) is 3. The number of ether oxygens (including phenoxy) is 1. The fraction of sp³-hybridized carbons (Fsp3) is 0.538. The lowest BCUT2D eigenvalue weighted by Crippen LogP contribution is -2.40. The third kappa shape index (κ3) is 2.56. The average molecular weight is 256 g/mol. The summed E-state index contributed by atoms with van der Waals surface area (Å²) < 4.78 is 32.6. The van der Waals surface area contributed by atoms with Crippen LogP contribution in [0.25, 0.3) is 0 Å². The van der Waals surface area contributed by atoms with Gasteiger partial charge in [0.1, 0.15) is 0 Å². The Morgan fingerprint density at radius 3 is 2.94 bits per heavy atom. The molecule has 0 aromatic heterocycles. The van der Waals surface area contributed by atoms with Crippen LogP contribution in [0.1, 0.15) is 19.8 Å². The maximum Gasteiger partial charge on any atom is 0.184 e. The molecule has 1 atom stereocenters. The Labute approximate surface area is 106 Å². The first kappa shape index (κ1) is 13.1. The number of hydrogen-bond donors (Lipinski definition) is 1. The monoisotopic (exact) mass is 256 g/mol. The lowest BCUT2D eigenvalue weighted by Gasteiger charge is -2.34. The van der Waals surface area contributed by atoms with E-state index >= 15 is 0 Å². The first-order valence-corrected chi connectivity index (χ1v) is 6.23. The topological polar surface area (TPSA) is 38.5 Å². The predicted octanol–water partition coefficient (Wildman–Crippen LogP) is 2.55. The maximum atomic E-state index is 13.8. The summed E-state index contributed by atoms with van der Waals surface area (Å²) in [5.41, 5.74) is 6.19. The van der Waals surface area contributed by atoms with Crippen LogP contribution in [0.4, 0.5) is 20.2 Å². The van der Waals surface area contributed by atoms with Crippen LogP contribution in [-0.2, 0) is 4.74 Å². The van der Waals surface area contributed by atoms with Crippen LogP contribution in [0.15, 0.2) is 12.1 Å². The molecule has 1 aliphatic rings. The minimum Gasteiger partial charge on any atom is -0.397 e. The van der Waals surface area contributed by atoms with E-state index in [1.54, 1.807) is 4.90 Å². The molecule has 18 heavy (non-hydrogen) atoms. The molecular weight excluding hydrogens is 238 g/mol. The minimum atomic E-state index is -0.868. The number of rotatable bonds is 3.